The Morgan fingerprint density at radius 3 is 2.80 bits per heavy atom. The molecule has 3 aromatic rings. The van der Waals surface area contributed by atoms with Crippen LogP contribution in [0.2, 0.25) is 0 Å². The predicted molar refractivity (Wildman–Crippen MR) is 76.2 cm³/mol. The number of nitrogens with zero attached hydrogens (tertiary/aromatic N) is 1. The smallest absolute Gasteiger partial charge is 0.181 e. The fraction of sp³-hybridized carbons (Fsp3) is 0.133. The van der Waals surface area contributed by atoms with Gasteiger partial charge in [0.15, 0.2) is 23.5 Å². The van der Waals surface area contributed by atoms with Crippen molar-refractivity contribution in [3.05, 3.63) is 52.5 Å². The average Bonchev–Trinajstić information content (AvgIpc) is 3.13. The van der Waals surface area contributed by atoms with E-state index in [1.54, 1.807) is 24.3 Å². The molecule has 0 saturated heterocycles. The van der Waals surface area contributed by atoms with Gasteiger partial charge in [-0.15, -0.1) is 11.3 Å². The monoisotopic (exact) mass is 285 g/mol. The van der Waals surface area contributed by atoms with Crippen LogP contribution < -0.4 is 0 Å². The number of aromatic nitrogens is 1. The van der Waals surface area contributed by atoms with Gasteiger partial charge in [-0.3, -0.25) is 9.59 Å². The van der Waals surface area contributed by atoms with Gasteiger partial charge >= 0.3 is 0 Å². The summed E-state index contributed by atoms with van der Waals surface area (Å²) >= 11 is 1.40. The first kappa shape index (κ1) is 12.7. The first-order valence-corrected chi connectivity index (χ1v) is 7.05. The minimum absolute atomic E-state index is 0.0101. The van der Waals surface area contributed by atoms with Gasteiger partial charge in [-0.2, -0.15) is 0 Å². The Morgan fingerprint density at radius 2 is 2.00 bits per heavy atom. The van der Waals surface area contributed by atoms with Gasteiger partial charge in [-0.05, 0) is 29.6 Å². The Labute approximate surface area is 119 Å². The van der Waals surface area contributed by atoms with Crippen LogP contribution >= 0.6 is 11.3 Å². The summed E-state index contributed by atoms with van der Waals surface area (Å²) in [6, 6.07) is 8.72. The minimum atomic E-state index is -0.0557. The second kappa shape index (κ2) is 5.38. The Morgan fingerprint density at radius 1 is 1.15 bits per heavy atom. The van der Waals surface area contributed by atoms with E-state index in [4.69, 9.17) is 4.42 Å². The summed E-state index contributed by atoms with van der Waals surface area (Å²) in [6.07, 6.45) is 1.79. The standard InChI is InChI=1S/C15H11NO3S/c17-12(4-5-13(18)15-2-1-7-20-15)10-3-6-14-11(8-10)16-9-19-14/h1-3,6-9H,4-5H2. The zero-order valence-electron chi connectivity index (χ0n) is 10.5. The maximum Gasteiger partial charge on any atom is 0.181 e. The van der Waals surface area contributed by atoms with Crippen LogP contribution in [0.5, 0.6) is 0 Å². The number of benzene rings is 1. The van der Waals surface area contributed by atoms with E-state index >= 15 is 0 Å². The van der Waals surface area contributed by atoms with Crippen LogP contribution in [0.3, 0.4) is 0 Å². The molecule has 3 rings (SSSR count). The maximum atomic E-state index is 12.1. The Kier molecular flexibility index (Phi) is 3.43. The van der Waals surface area contributed by atoms with Crippen molar-refractivity contribution in [2.24, 2.45) is 0 Å². The van der Waals surface area contributed by atoms with E-state index in [0.717, 1.165) is 0 Å². The predicted octanol–water partition coefficient (Wildman–Crippen LogP) is 3.74. The molecule has 0 aliphatic heterocycles. The summed E-state index contributed by atoms with van der Waals surface area (Å²) in [6.45, 7) is 0. The van der Waals surface area contributed by atoms with E-state index in [9.17, 15) is 9.59 Å². The number of hydrogen-bond donors (Lipinski definition) is 0. The number of oxazole rings is 1. The topological polar surface area (TPSA) is 60.2 Å². The third-order valence-corrected chi connectivity index (χ3v) is 3.94. The molecular weight excluding hydrogens is 274 g/mol. The van der Waals surface area contributed by atoms with Gasteiger partial charge < -0.3 is 4.42 Å². The van der Waals surface area contributed by atoms with Crippen LogP contribution in [-0.2, 0) is 0 Å². The van der Waals surface area contributed by atoms with Crippen LogP contribution in [0.4, 0.5) is 0 Å². The highest BCUT2D eigenvalue weighted by molar-refractivity contribution is 7.12. The van der Waals surface area contributed by atoms with Crippen molar-refractivity contribution in [1.82, 2.24) is 4.98 Å². The highest BCUT2D eigenvalue weighted by atomic mass is 32.1. The molecule has 5 heteroatoms. The lowest BCUT2D eigenvalue weighted by Crippen LogP contribution is -2.04. The minimum Gasteiger partial charge on any atom is -0.443 e. The molecule has 0 atom stereocenters. The Balaban J connectivity index is 1.68. The summed E-state index contributed by atoms with van der Waals surface area (Å²) in [5.41, 5.74) is 1.86. The van der Waals surface area contributed by atoms with E-state index in [1.165, 1.54) is 17.7 Å². The molecular formula is C15H11NO3S. The largest absolute Gasteiger partial charge is 0.443 e. The maximum absolute atomic E-state index is 12.1. The summed E-state index contributed by atoms with van der Waals surface area (Å²) in [4.78, 5) is 28.6. The number of ketones is 2. The van der Waals surface area contributed by atoms with Crippen LogP contribution in [0.15, 0.2) is 46.5 Å². The fourth-order valence-electron chi connectivity index (χ4n) is 1.96. The van der Waals surface area contributed by atoms with Crippen LogP contribution in [0, 0.1) is 0 Å². The number of thiophene rings is 1. The van der Waals surface area contributed by atoms with Crippen molar-refractivity contribution in [3.8, 4) is 0 Å². The zero-order chi connectivity index (χ0) is 13.9. The zero-order valence-corrected chi connectivity index (χ0v) is 11.4. The van der Waals surface area contributed by atoms with Gasteiger partial charge in [0.2, 0.25) is 0 Å². The highest BCUT2D eigenvalue weighted by Crippen LogP contribution is 2.17. The van der Waals surface area contributed by atoms with E-state index in [0.29, 0.717) is 21.5 Å². The molecule has 0 radical (unpaired) electrons. The van der Waals surface area contributed by atoms with Gasteiger partial charge in [0.25, 0.3) is 0 Å². The van der Waals surface area contributed by atoms with Crippen molar-refractivity contribution in [3.63, 3.8) is 0 Å². The molecule has 100 valence electrons. The SMILES string of the molecule is O=C(CCC(=O)c1cccs1)c1ccc2ocnc2c1. The molecule has 2 heterocycles. The molecule has 0 N–H and O–H groups in total. The molecule has 20 heavy (non-hydrogen) atoms. The molecule has 0 saturated carbocycles. The molecule has 0 unspecified atom stereocenters. The van der Waals surface area contributed by atoms with Gasteiger partial charge in [-0.1, -0.05) is 6.07 Å². The Hall–Kier alpha value is -2.27. The number of carbonyl (C=O) groups excluding carboxylic acids is 2. The number of carbonyl (C=O) groups is 2. The average molecular weight is 285 g/mol. The molecule has 0 bridgehead atoms. The molecule has 0 fully saturated rings. The lowest BCUT2D eigenvalue weighted by atomic mass is 10.0. The van der Waals surface area contributed by atoms with E-state index in [2.05, 4.69) is 4.98 Å². The summed E-state index contributed by atoms with van der Waals surface area (Å²) in [5.74, 6) is -0.0457. The van der Waals surface area contributed by atoms with E-state index in [1.807, 2.05) is 11.4 Å². The molecule has 2 aromatic heterocycles. The summed E-state index contributed by atoms with van der Waals surface area (Å²) in [5, 5.41) is 1.85. The first-order chi connectivity index (χ1) is 9.74. The number of rotatable bonds is 5. The fourth-order valence-corrected chi connectivity index (χ4v) is 2.66. The highest BCUT2D eigenvalue weighted by Gasteiger charge is 2.12. The molecule has 4 nitrogen and oxygen atoms in total. The second-order valence-electron chi connectivity index (χ2n) is 4.36. The van der Waals surface area contributed by atoms with E-state index < -0.39 is 0 Å². The van der Waals surface area contributed by atoms with Crippen molar-refractivity contribution < 1.29 is 14.0 Å². The molecule has 0 aliphatic carbocycles. The van der Waals surface area contributed by atoms with Crippen molar-refractivity contribution in [2.45, 2.75) is 12.8 Å². The van der Waals surface area contributed by atoms with Crippen molar-refractivity contribution in [1.29, 1.82) is 0 Å². The third-order valence-electron chi connectivity index (χ3n) is 3.03. The first-order valence-electron chi connectivity index (χ1n) is 6.17. The second-order valence-corrected chi connectivity index (χ2v) is 5.31. The molecule has 0 amide bonds. The van der Waals surface area contributed by atoms with Crippen molar-refractivity contribution >= 4 is 34.0 Å². The quantitative estimate of drug-likeness (QED) is 0.670. The van der Waals surface area contributed by atoms with Gasteiger partial charge in [0.05, 0.1) is 4.88 Å². The van der Waals surface area contributed by atoms with Gasteiger partial charge in [-0.25, -0.2) is 4.98 Å². The van der Waals surface area contributed by atoms with Crippen molar-refractivity contribution in [2.75, 3.05) is 0 Å². The van der Waals surface area contributed by atoms with Crippen LogP contribution in [0.1, 0.15) is 32.9 Å². The van der Waals surface area contributed by atoms with Gasteiger partial charge in [0, 0.05) is 18.4 Å². The molecule has 1 aromatic carbocycles. The number of fused-ring (bicyclic) bond motifs is 1. The van der Waals surface area contributed by atoms with Crippen LogP contribution in [0.25, 0.3) is 11.1 Å². The van der Waals surface area contributed by atoms with Gasteiger partial charge in [0.1, 0.15) is 5.52 Å². The number of hydrogen-bond acceptors (Lipinski definition) is 5. The lowest BCUT2D eigenvalue weighted by molar-refractivity contribution is 0.0919. The summed E-state index contributed by atoms with van der Waals surface area (Å²) in [7, 11) is 0. The Bertz CT molecular complexity index is 758. The summed E-state index contributed by atoms with van der Waals surface area (Å²) < 4.78 is 5.12. The van der Waals surface area contributed by atoms with E-state index in [-0.39, 0.29) is 24.4 Å². The molecule has 0 spiro atoms. The van der Waals surface area contributed by atoms with Crippen LogP contribution in [-0.4, -0.2) is 16.6 Å². The normalized spacial score (nSPS) is 10.8. The molecule has 0 aliphatic rings. The lowest BCUT2D eigenvalue weighted by Gasteiger charge is -2.00. The third kappa shape index (κ3) is 2.53. The number of Topliss-reactive ketones (excluding diaryl/α,β-unsaturated/α-hetero) is 2.